The Kier molecular flexibility index (Phi) is 5.31. The summed E-state index contributed by atoms with van der Waals surface area (Å²) in [5.41, 5.74) is 1.06. The van der Waals surface area contributed by atoms with Crippen LogP contribution in [0.1, 0.15) is 23.7 Å². The molecule has 0 radical (unpaired) electrons. The van der Waals surface area contributed by atoms with E-state index in [9.17, 15) is 9.59 Å². The zero-order valence-electron chi connectivity index (χ0n) is 13.0. The van der Waals surface area contributed by atoms with Gasteiger partial charge < -0.3 is 15.4 Å². The number of rotatable bonds is 7. The Hall–Kier alpha value is -2.13. The van der Waals surface area contributed by atoms with Gasteiger partial charge >= 0.3 is 0 Å². The number of aromatic nitrogens is 2. The highest BCUT2D eigenvalue weighted by Gasteiger charge is 2.18. The molecule has 2 heterocycles. The number of hydrogen-bond donors (Lipinski definition) is 2. The molecule has 2 aromatic rings. The molecule has 1 aliphatic rings. The van der Waals surface area contributed by atoms with Crippen LogP contribution in [0.15, 0.2) is 22.5 Å². The molecule has 1 aliphatic heterocycles. The van der Waals surface area contributed by atoms with Gasteiger partial charge in [-0.2, -0.15) is 0 Å². The fraction of sp³-hybridized carbons (Fsp3) is 0.333. The van der Waals surface area contributed by atoms with Gasteiger partial charge in [0, 0.05) is 12.1 Å². The maximum atomic E-state index is 12.3. The topological polar surface area (TPSA) is 93.2 Å². The molecule has 1 aromatic carbocycles. The summed E-state index contributed by atoms with van der Waals surface area (Å²) in [6.45, 7) is 2.93. The quantitative estimate of drug-likeness (QED) is 0.576. The normalized spacial score (nSPS) is 13.0. The van der Waals surface area contributed by atoms with E-state index in [2.05, 4.69) is 27.8 Å². The third-order valence-electron chi connectivity index (χ3n) is 3.19. The van der Waals surface area contributed by atoms with Gasteiger partial charge in [-0.05, 0) is 24.6 Å². The number of carbonyl (C=O) groups is 2. The predicted octanol–water partition coefficient (Wildman–Crippen LogP) is 2.67. The summed E-state index contributed by atoms with van der Waals surface area (Å²) in [6, 6.07) is 5.04. The van der Waals surface area contributed by atoms with Gasteiger partial charge in [0.25, 0.3) is 5.91 Å². The molecule has 1 aromatic heterocycles. The standard InChI is InChI=1S/C15H16N4O3S2/c1-2-5-16-14-18-19-15(24-14)23-8-11(20)9-3-4-12-10(6-9)17-13(21)7-22-12/h3-4,6H,2,5,7-8H2,1H3,(H,16,18)(H,17,21). The molecule has 7 nitrogen and oxygen atoms in total. The van der Waals surface area contributed by atoms with Crippen molar-refractivity contribution >= 4 is 45.6 Å². The number of fused-ring (bicyclic) bond motifs is 1. The second-order valence-corrected chi connectivity index (χ2v) is 7.26. The van der Waals surface area contributed by atoms with E-state index in [1.54, 1.807) is 18.2 Å². The number of benzene rings is 1. The van der Waals surface area contributed by atoms with Gasteiger partial charge in [-0.3, -0.25) is 9.59 Å². The van der Waals surface area contributed by atoms with Gasteiger partial charge in [-0.25, -0.2) is 0 Å². The fourth-order valence-electron chi connectivity index (χ4n) is 2.04. The minimum Gasteiger partial charge on any atom is -0.482 e. The Bertz CT molecular complexity index is 763. The smallest absolute Gasteiger partial charge is 0.262 e. The minimum absolute atomic E-state index is 0.00158. The number of amides is 1. The fourth-order valence-corrected chi connectivity index (χ4v) is 3.71. The highest BCUT2D eigenvalue weighted by molar-refractivity contribution is 8.01. The van der Waals surface area contributed by atoms with Crippen LogP contribution in [-0.4, -0.2) is 40.8 Å². The number of nitrogens with one attached hydrogen (secondary N) is 2. The monoisotopic (exact) mass is 364 g/mol. The Labute approximate surface area is 147 Å². The lowest BCUT2D eigenvalue weighted by Crippen LogP contribution is -2.25. The first-order valence-electron chi connectivity index (χ1n) is 7.46. The Morgan fingerprint density at radius 1 is 1.46 bits per heavy atom. The van der Waals surface area contributed by atoms with Crippen LogP contribution in [0.5, 0.6) is 5.75 Å². The van der Waals surface area contributed by atoms with E-state index >= 15 is 0 Å². The average molecular weight is 364 g/mol. The molecule has 9 heteroatoms. The van der Waals surface area contributed by atoms with Crippen LogP contribution < -0.4 is 15.4 Å². The summed E-state index contributed by atoms with van der Waals surface area (Å²) in [6.07, 6.45) is 1.01. The van der Waals surface area contributed by atoms with Crippen molar-refractivity contribution in [3.05, 3.63) is 23.8 Å². The van der Waals surface area contributed by atoms with E-state index in [-0.39, 0.29) is 24.1 Å². The van der Waals surface area contributed by atoms with E-state index in [1.807, 2.05) is 0 Å². The number of ketones is 1. The first kappa shape index (κ1) is 16.7. The molecule has 0 unspecified atom stereocenters. The average Bonchev–Trinajstić information content (AvgIpc) is 3.05. The third kappa shape index (κ3) is 4.04. The second kappa shape index (κ2) is 7.63. The largest absolute Gasteiger partial charge is 0.482 e. The highest BCUT2D eigenvalue weighted by Crippen LogP contribution is 2.30. The molecule has 2 N–H and O–H groups in total. The maximum Gasteiger partial charge on any atom is 0.262 e. The number of Topliss-reactive ketones (excluding diaryl/α,β-unsaturated/α-hetero) is 1. The van der Waals surface area contributed by atoms with Crippen molar-refractivity contribution in [3.8, 4) is 5.75 Å². The third-order valence-corrected chi connectivity index (χ3v) is 5.21. The van der Waals surface area contributed by atoms with Gasteiger partial charge in [0.1, 0.15) is 5.75 Å². The summed E-state index contributed by atoms with van der Waals surface area (Å²) >= 11 is 2.79. The highest BCUT2D eigenvalue weighted by atomic mass is 32.2. The van der Waals surface area contributed by atoms with Gasteiger partial charge in [0.15, 0.2) is 16.7 Å². The Balaban J connectivity index is 1.60. The molecule has 0 atom stereocenters. The van der Waals surface area contributed by atoms with Crippen molar-refractivity contribution in [2.75, 3.05) is 29.5 Å². The zero-order chi connectivity index (χ0) is 16.9. The number of anilines is 2. The molecule has 0 aliphatic carbocycles. The maximum absolute atomic E-state index is 12.3. The van der Waals surface area contributed by atoms with E-state index in [4.69, 9.17) is 4.74 Å². The number of thioether (sulfide) groups is 1. The summed E-state index contributed by atoms with van der Waals surface area (Å²) < 4.78 is 6.03. The van der Waals surface area contributed by atoms with Crippen molar-refractivity contribution in [2.24, 2.45) is 0 Å². The predicted molar refractivity (Wildman–Crippen MR) is 94.3 cm³/mol. The van der Waals surface area contributed by atoms with E-state index in [1.165, 1.54) is 23.1 Å². The molecule has 0 bridgehead atoms. The summed E-state index contributed by atoms with van der Waals surface area (Å²) in [4.78, 5) is 23.7. The minimum atomic E-state index is -0.220. The SMILES string of the molecule is CCCNc1nnc(SCC(=O)c2ccc3c(c2)NC(=O)CO3)s1. The van der Waals surface area contributed by atoms with Gasteiger partial charge in [-0.15, -0.1) is 10.2 Å². The van der Waals surface area contributed by atoms with Crippen LogP contribution >= 0.6 is 23.1 Å². The van der Waals surface area contributed by atoms with Crippen molar-refractivity contribution in [3.63, 3.8) is 0 Å². The van der Waals surface area contributed by atoms with Gasteiger partial charge in [-0.1, -0.05) is 30.0 Å². The lowest BCUT2D eigenvalue weighted by molar-refractivity contribution is -0.118. The molecule has 0 spiro atoms. The van der Waals surface area contributed by atoms with E-state index < -0.39 is 0 Å². The lowest BCUT2D eigenvalue weighted by Gasteiger charge is -2.18. The lowest BCUT2D eigenvalue weighted by atomic mass is 10.1. The number of hydrogen-bond acceptors (Lipinski definition) is 8. The van der Waals surface area contributed by atoms with Gasteiger partial charge in [0.2, 0.25) is 5.13 Å². The Morgan fingerprint density at radius 3 is 3.17 bits per heavy atom. The summed E-state index contributed by atoms with van der Waals surface area (Å²) in [7, 11) is 0. The number of carbonyl (C=O) groups excluding carboxylic acids is 2. The van der Waals surface area contributed by atoms with Crippen molar-refractivity contribution < 1.29 is 14.3 Å². The molecular weight excluding hydrogens is 348 g/mol. The molecule has 3 rings (SSSR count). The molecule has 0 saturated heterocycles. The molecule has 0 saturated carbocycles. The van der Waals surface area contributed by atoms with E-state index in [0.29, 0.717) is 17.0 Å². The van der Waals surface area contributed by atoms with Crippen molar-refractivity contribution in [2.45, 2.75) is 17.7 Å². The first-order valence-corrected chi connectivity index (χ1v) is 9.26. The van der Waals surface area contributed by atoms with Crippen LogP contribution in [0.25, 0.3) is 0 Å². The van der Waals surface area contributed by atoms with E-state index in [0.717, 1.165) is 22.4 Å². The van der Waals surface area contributed by atoms with Gasteiger partial charge in [0.05, 0.1) is 11.4 Å². The zero-order valence-corrected chi connectivity index (χ0v) is 14.6. The summed E-state index contributed by atoms with van der Waals surface area (Å²) in [5, 5.41) is 14.7. The molecule has 0 fully saturated rings. The van der Waals surface area contributed by atoms with Crippen LogP contribution in [0, 0.1) is 0 Å². The van der Waals surface area contributed by atoms with Crippen LogP contribution in [0.3, 0.4) is 0 Å². The van der Waals surface area contributed by atoms with Crippen LogP contribution in [0.2, 0.25) is 0 Å². The summed E-state index contributed by atoms with van der Waals surface area (Å²) in [5.74, 6) is 0.577. The molecular formula is C15H16N4O3S2. The molecule has 126 valence electrons. The second-order valence-electron chi connectivity index (χ2n) is 5.06. The van der Waals surface area contributed by atoms with Crippen LogP contribution in [-0.2, 0) is 4.79 Å². The van der Waals surface area contributed by atoms with Crippen molar-refractivity contribution in [1.82, 2.24) is 10.2 Å². The first-order chi connectivity index (χ1) is 11.7. The molecule has 24 heavy (non-hydrogen) atoms. The Morgan fingerprint density at radius 2 is 2.33 bits per heavy atom. The molecule has 1 amide bonds. The number of ether oxygens (including phenoxy) is 1. The van der Waals surface area contributed by atoms with Crippen molar-refractivity contribution in [1.29, 1.82) is 0 Å². The van der Waals surface area contributed by atoms with Crippen LogP contribution in [0.4, 0.5) is 10.8 Å². The number of nitrogens with zero attached hydrogens (tertiary/aromatic N) is 2.